The lowest BCUT2D eigenvalue weighted by atomic mass is 9.90. The molecule has 1 nitrogen and oxygen atoms in total. The first-order valence-electron chi connectivity index (χ1n) is 6.01. The Morgan fingerprint density at radius 2 is 1.68 bits per heavy atom. The van der Waals surface area contributed by atoms with Gasteiger partial charge in [0, 0.05) is 10.0 Å². The van der Waals surface area contributed by atoms with Crippen molar-refractivity contribution in [2.75, 3.05) is 0 Å². The van der Waals surface area contributed by atoms with Crippen LogP contribution in [0.15, 0.2) is 42.5 Å². The summed E-state index contributed by atoms with van der Waals surface area (Å²) in [7, 11) is 0. The minimum atomic E-state index is -0.237. The number of nitriles is 1. The third-order valence-electron chi connectivity index (χ3n) is 3.19. The van der Waals surface area contributed by atoms with Gasteiger partial charge < -0.3 is 0 Å². The average molecular weight is 290 g/mol. The van der Waals surface area contributed by atoms with Gasteiger partial charge in [0.1, 0.15) is 0 Å². The molecule has 0 bridgehead atoms. The van der Waals surface area contributed by atoms with Crippen molar-refractivity contribution in [2.24, 2.45) is 0 Å². The highest BCUT2D eigenvalue weighted by Crippen LogP contribution is 2.31. The standard InChI is InChI=1S/C16H13Cl2N/c1-11-5-2-3-6-13(11)12(10-19)9-14-15(17)7-4-8-16(14)18/h2-8,12H,9H2,1H3. The molecule has 19 heavy (non-hydrogen) atoms. The van der Waals surface area contributed by atoms with Crippen LogP contribution in [0.3, 0.4) is 0 Å². The van der Waals surface area contributed by atoms with Crippen LogP contribution in [-0.2, 0) is 6.42 Å². The Hall–Kier alpha value is -1.49. The largest absolute Gasteiger partial charge is 0.198 e. The van der Waals surface area contributed by atoms with Crippen molar-refractivity contribution < 1.29 is 0 Å². The molecular formula is C16H13Cl2N. The number of halogens is 2. The maximum atomic E-state index is 9.41. The molecule has 0 radical (unpaired) electrons. The molecule has 0 aromatic heterocycles. The summed E-state index contributed by atoms with van der Waals surface area (Å²) < 4.78 is 0. The normalized spacial score (nSPS) is 11.9. The van der Waals surface area contributed by atoms with Gasteiger partial charge in [0.2, 0.25) is 0 Å². The van der Waals surface area contributed by atoms with Crippen molar-refractivity contribution in [1.29, 1.82) is 5.26 Å². The maximum absolute atomic E-state index is 9.41. The molecule has 0 saturated heterocycles. The van der Waals surface area contributed by atoms with E-state index in [0.29, 0.717) is 16.5 Å². The second kappa shape index (κ2) is 6.10. The lowest BCUT2D eigenvalue weighted by molar-refractivity contribution is 0.841. The van der Waals surface area contributed by atoms with Crippen LogP contribution in [-0.4, -0.2) is 0 Å². The lowest BCUT2D eigenvalue weighted by Gasteiger charge is -2.14. The van der Waals surface area contributed by atoms with Gasteiger partial charge in [0.15, 0.2) is 0 Å². The Morgan fingerprint density at radius 3 is 2.26 bits per heavy atom. The van der Waals surface area contributed by atoms with Crippen LogP contribution in [0, 0.1) is 18.3 Å². The van der Waals surface area contributed by atoms with E-state index in [1.54, 1.807) is 12.1 Å². The number of hydrogen-bond donors (Lipinski definition) is 0. The number of nitrogens with zero attached hydrogens (tertiary/aromatic N) is 1. The zero-order chi connectivity index (χ0) is 13.8. The highest BCUT2D eigenvalue weighted by atomic mass is 35.5. The van der Waals surface area contributed by atoms with Crippen LogP contribution >= 0.6 is 23.2 Å². The van der Waals surface area contributed by atoms with E-state index in [2.05, 4.69) is 6.07 Å². The van der Waals surface area contributed by atoms with Gasteiger partial charge in [0.05, 0.1) is 12.0 Å². The van der Waals surface area contributed by atoms with Crippen molar-refractivity contribution in [3.05, 3.63) is 69.2 Å². The molecule has 2 aromatic carbocycles. The molecule has 2 rings (SSSR count). The molecule has 0 aliphatic rings. The fourth-order valence-electron chi connectivity index (χ4n) is 2.13. The molecule has 0 aliphatic carbocycles. The first-order chi connectivity index (χ1) is 9.13. The van der Waals surface area contributed by atoms with E-state index in [4.69, 9.17) is 23.2 Å². The van der Waals surface area contributed by atoms with Gasteiger partial charge >= 0.3 is 0 Å². The molecule has 1 atom stereocenters. The Labute approximate surface area is 123 Å². The van der Waals surface area contributed by atoms with Gasteiger partial charge in [-0.2, -0.15) is 5.26 Å². The molecule has 0 fully saturated rings. The van der Waals surface area contributed by atoms with Crippen molar-refractivity contribution in [3.8, 4) is 6.07 Å². The summed E-state index contributed by atoms with van der Waals surface area (Å²) in [6.45, 7) is 2.01. The van der Waals surface area contributed by atoms with Gasteiger partial charge in [-0.05, 0) is 42.2 Å². The molecule has 3 heteroatoms. The predicted molar refractivity (Wildman–Crippen MR) is 79.7 cm³/mol. The van der Waals surface area contributed by atoms with Crippen LogP contribution in [0.5, 0.6) is 0 Å². The smallest absolute Gasteiger partial charge is 0.0756 e. The van der Waals surface area contributed by atoms with Gasteiger partial charge in [-0.25, -0.2) is 0 Å². The summed E-state index contributed by atoms with van der Waals surface area (Å²) in [4.78, 5) is 0. The molecule has 96 valence electrons. The summed E-state index contributed by atoms with van der Waals surface area (Å²) >= 11 is 12.3. The maximum Gasteiger partial charge on any atom is 0.0756 e. The zero-order valence-corrected chi connectivity index (χ0v) is 12.0. The summed E-state index contributed by atoms with van der Waals surface area (Å²) in [6.07, 6.45) is 0.528. The fourth-order valence-corrected chi connectivity index (χ4v) is 2.69. The van der Waals surface area contributed by atoms with E-state index >= 15 is 0 Å². The minimum absolute atomic E-state index is 0.237. The molecule has 0 heterocycles. The van der Waals surface area contributed by atoms with E-state index in [-0.39, 0.29) is 5.92 Å². The summed E-state index contributed by atoms with van der Waals surface area (Å²) in [5.41, 5.74) is 2.97. The van der Waals surface area contributed by atoms with Crippen LogP contribution in [0.25, 0.3) is 0 Å². The summed E-state index contributed by atoms with van der Waals surface area (Å²) in [6, 6.07) is 15.7. The van der Waals surface area contributed by atoms with E-state index in [1.807, 2.05) is 37.3 Å². The van der Waals surface area contributed by atoms with Crippen molar-refractivity contribution in [2.45, 2.75) is 19.3 Å². The van der Waals surface area contributed by atoms with Crippen molar-refractivity contribution in [1.82, 2.24) is 0 Å². The zero-order valence-electron chi connectivity index (χ0n) is 10.5. The first kappa shape index (κ1) is 13.9. The molecule has 0 aliphatic heterocycles. The van der Waals surface area contributed by atoms with E-state index in [1.165, 1.54) is 0 Å². The Balaban J connectivity index is 2.36. The van der Waals surface area contributed by atoms with Crippen molar-refractivity contribution in [3.63, 3.8) is 0 Å². The van der Waals surface area contributed by atoms with Crippen LogP contribution in [0.1, 0.15) is 22.6 Å². The van der Waals surface area contributed by atoms with Crippen LogP contribution in [0.4, 0.5) is 0 Å². The van der Waals surface area contributed by atoms with Crippen LogP contribution in [0.2, 0.25) is 10.0 Å². The number of aryl methyl sites for hydroxylation is 1. The van der Waals surface area contributed by atoms with Gasteiger partial charge in [-0.1, -0.05) is 53.5 Å². The first-order valence-corrected chi connectivity index (χ1v) is 6.77. The highest BCUT2D eigenvalue weighted by molar-refractivity contribution is 6.36. The third-order valence-corrected chi connectivity index (χ3v) is 3.90. The number of benzene rings is 2. The SMILES string of the molecule is Cc1ccccc1C(C#N)Cc1c(Cl)cccc1Cl. The average Bonchev–Trinajstić information content (AvgIpc) is 2.40. The van der Waals surface area contributed by atoms with Crippen molar-refractivity contribution >= 4 is 23.2 Å². The number of hydrogen-bond acceptors (Lipinski definition) is 1. The second-order valence-electron chi connectivity index (χ2n) is 4.44. The topological polar surface area (TPSA) is 23.8 Å². The molecule has 0 amide bonds. The molecule has 0 N–H and O–H groups in total. The van der Waals surface area contributed by atoms with Gasteiger partial charge in [-0.3, -0.25) is 0 Å². The van der Waals surface area contributed by atoms with E-state index < -0.39 is 0 Å². The monoisotopic (exact) mass is 289 g/mol. The minimum Gasteiger partial charge on any atom is -0.198 e. The summed E-state index contributed by atoms with van der Waals surface area (Å²) in [5.74, 6) is -0.237. The Kier molecular flexibility index (Phi) is 4.47. The Bertz CT molecular complexity index is 609. The molecule has 2 aromatic rings. The Morgan fingerprint density at radius 1 is 1.05 bits per heavy atom. The lowest BCUT2D eigenvalue weighted by Crippen LogP contribution is -2.03. The molecule has 0 spiro atoms. The molecular weight excluding hydrogens is 277 g/mol. The van der Waals surface area contributed by atoms with E-state index in [0.717, 1.165) is 16.7 Å². The quantitative estimate of drug-likeness (QED) is 0.766. The summed E-state index contributed by atoms with van der Waals surface area (Å²) in [5, 5.41) is 10.6. The molecule has 0 saturated carbocycles. The van der Waals surface area contributed by atoms with Crippen LogP contribution < -0.4 is 0 Å². The van der Waals surface area contributed by atoms with Gasteiger partial charge in [0.25, 0.3) is 0 Å². The number of rotatable bonds is 3. The highest BCUT2D eigenvalue weighted by Gasteiger charge is 2.17. The van der Waals surface area contributed by atoms with E-state index in [9.17, 15) is 5.26 Å². The predicted octanol–water partition coefficient (Wildman–Crippen LogP) is 5.15. The fraction of sp³-hybridized carbons (Fsp3) is 0.188. The second-order valence-corrected chi connectivity index (χ2v) is 5.26. The van der Waals surface area contributed by atoms with Gasteiger partial charge in [-0.15, -0.1) is 0 Å². The third kappa shape index (κ3) is 3.10. The molecule has 1 unspecified atom stereocenters.